The molecule has 7 nitrogen and oxygen atoms in total. The maximum Gasteiger partial charge on any atom is 0.320 e. The first-order chi connectivity index (χ1) is 11.1. The summed E-state index contributed by atoms with van der Waals surface area (Å²) in [7, 11) is 1.81. The molecule has 0 atom stereocenters. The zero-order valence-electron chi connectivity index (χ0n) is 15.3. The summed E-state index contributed by atoms with van der Waals surface area (Å²) in [5, 5.41) is 14.0. The van der Waals surface area contributed by atoms with E-state index in [0.717, 1.165) is 17.8 Å². The number of urea groups is 1. The first-order valence-corrected chi connectivity index (χ1v) is 8.17. The molecule has 132 valence electrons. The van der Waals surface area contributed by atoms with E-state index in [0.29, 0.717) is 17.5 Å². The fourth-order valence-electron chi connectivity index (χ4n) is 2.29. The Balaban J connectivity index is 1.90. The molecule has 0 aliphatic heterocycles. The molecule has 2 rings (SSSR count). The summed E-state index contributed by atoms with van der Waals surface area (Å²) in [6.45, 7) is 10.8. The highest BCUT2D eigenvalue weighted by atomic mass is 16.5. The van der Waals surface area contributed by atoms with Gasteiger partial charge in [0.25, 0.3) is 0 Å². The number of hydrogen-bond donors (Lipinski definition) is 2. The molecule has 24 heavy (non-hydrogen) atoms. The normalized spacial score (nSPS) is 11.8. The van der Waals surface area contributed by atoms with Gasteiger partial charge in [0, 0.05) is 19.2 Å². The van der Waals surface area contributed by atoms with Crippen LogP contribution in [0.3, 0.4) is 0 Å². The number of anilines is 1. The number of amides is 2. The van der Waals surface area contributed by atoms with Gasteiger partial charge in [-0.3, -0.25) is 10.00 Å². The van der Waals surface area contributed by atoms with Gasteiger partial charge >= 0.3 is 6.03 Å². The van der Waals surface area contributed by atoms with Crippen LogP contribution in [-0.2, 0) is 20.0 Å². The fraction of sp³-hybridized carbons (Fsp3) is 0.588. The molecule has 2 N–H and O–H groups in total. The van der Waals surface area contributed by atoms with Crippen LogP contribution in [0.2, 0.25) is 0 Å². The van der Waals surface area contributed by atoms with Crippen molar-refractivity contribution in [3.63, 3.8) is 0 Å². The van der Waals surface area contributed by atoms with E-state index in [9.17, 15) is 4.79 Å². The zero-order chi connectivity index (χ0) is 17.9. The zero-order valence-corrected chi connectivity index (χ0v) is 15.3. The van der Waals surface area contributed by atoms with Crippen molar-refractivity contribution in [2.45, 2.75) is 53.5 Å². The van der Waals surface area contributed by atoms with Gasteiger partial charge in [0.1, 0.15) is 5.82 Å². The van der Waals surface area contributed by atoms with Gasteiger partial charge in [-0.15, -0.1) is 0 Å². The van der Waals surface area contributed by atoms with Gasteiger partial charge in [-0.2, -0.15) is 5.10 Å². The number of rotatable bonds is 5. The third-order valence-electron chi connectivity index (χ3n) is 3.48. The van der Waals surface area contributed by atoms with E-state index in [1.807, 2.05) is 33.0 Å². The summed E-state index contributed by atoms with van der Waals surface area (Å²) < 4.78 is 6.87. The Hall–Kier alpha value is -2.31. The number of carbonyl (C=O) groups is 1. The molecular formula is C17H27N5O2. The number of hydrogen-bond acceptors (Lipinski definition) is 4. The molecule has 0 aliphatic rings. The Morgan fingerprint density at radius 3 is 2.62 bits per heavy atom. The highest BCUT2D eigenvalue weighted by Gasteiger charge is 2.16. The number of carbonyl (C=O) groups excluding carboxylic acids is 1. The lowest BCUT2D eigenvalue weighted by atomic mass is 9.91. The van der Waals surface area contributed by atoms with Crippen molar-refractivity contribution >= 4 is 11.8 Å². The van der Waals surface area contributed by atoms with Crippen molar-refractivity contribution < 1.29 is 9.32 Å². The summed E-state index contributed by atoms with van der Waals surface area (Å²) >= 11 is 0. The van der Waals surface area contributed by atoms with Gasteiger partial charge in [-0.05, 0) is 17.8 Å². The molecule has 0 spiro atoms. The molecule has 2 heterocycles. The smallest absolute Gasteiger partial charge is 0.320 e. The van der Waals surface area contributed by atoms with E-state index in [1.54, 1.807) is 4.68 Å². The van der Waals surface area contributed by atoms with Crippen LogP contribution < -0.4 is 10.6 Å². The average molecular weight is 333 g/mol. The van der Waals surface area contributed by atoms with Crippen LogP contribution in [0.1, 0.15) is 57.7 Å². The van der Waals surface area contributed by atoms with Crippen LogP contribution in [-0.4, -0.2) is 21.0 Å². The van der Waals surface area contributed by atoms with Gasteiger partial charge in [0.2, 0.25) is 0 Å². The predicted octanol–water partition coefficient (Wildman–Crippen LogP) is 3.44. The van der Waals surface area contributed by atoms with Gasteiger partial charge < -0.3 is 9.84 Å². The SMILES string of the molecule is CC(C)c1cc(CNC(=O)Nc2cc(CC(C)(C)C)nn2C)on1. The second-order valence-corrected chi connectivity index (χ2v) is 7.56. The van der Waals surface area contributed by atoms with E-state index < -0.39 is 0 Å². The molecule has 7 heteroatoms. The van der Waals surface area contributed by atoms with E-state index in [2.05, 4.69) is 41.7 Å². The van der Waals surface area contributed by atoms with Crippen LogP contribution in [0.5, 0.6) is 0 Å². The summed E-state index contributed by atoms with van der Waals surface area (Å²) in [6, 6.07) is 3.45. The van der Waals surface area contributed by atoms with E-state index in [-0.39, 0.29) is 18.0 Å². The Kier molecular flexibility index (Phi) is 5.31. The number of aryl methyl sites for hydroxylation is 1. The van der Waals surface area contributed by atoms with E-state index in [1.165, 1.54) is 0 Å². The predicted molar refractivity (Wildman–Crippen MR) is 92.8 cm³/mol. The van der Waals surface area contributed by atoms with Gasteiger partial charge in [-0.25, -0.2) is 4.79 Å². The molecular weight excluding hydrogens is 306 g/mol. The molecule has 0 fully saturated rings. The fourth-order valence-corrected chi connectivity index (χ4v) is 2.29. The lowest BCUT2D eigenvalue weighted by Crippen LogP contribution is -2.28. The molecule has 0 unspecified atom stereocenters. The molecule has 2 amide bonds. The first-order valence-electron chi connectivity index (χ1n) is 8.17. The lowest BCUT2D eigenvalue weighted by molar-refractivity contribution is 0.250. The maximum atomic E-state index is 12.0. The van der Waals surface area contributed by atoms with Crippen LogP contribution in [0.25, 0.3) is 0 Å². The first kappa shape index (κ1) is 18.0. The number of nitrogens with zero attached hydrogens (tertiary/aromatic N) is 3. The van der Waals surface area contributed by atoms with Gasteiger partial charge in [0.15, 0.2) is 5.76 Å². The van der Waals surface area contributed by atoms with Crippen LogP contribution >= 0.6 is 0 Å². The molecule has 0 bridgehead atoms. The summed E-state index contributed by atoms with van der Waals surface area (Å²) in [5.41, 5.74) is 1.98. The third kappa shape index (κ3) is 5.11. The van der Waals surface area contributed by atoms with Gasteiger partial charge in [0.05, 0.1) is 17.9 Å². The minimum atomic E-state index is -0.303. The molecule has 0 aliphatic carbocycles. The standard InChI is InChI=1S/C17H27N5O2/c1-11(2)14-8-13(24-21-14)10-18-16(23)19-15-7-12(20-22(15)6)9-17(3,4)5/h7-8,11H,9-10H2,1-6H3,(H2,18,19,23). The van der Waals surface area contributed by atoms with Crippen LogP contribution in [0.4, 0.5) is 10.6 Å². The average Bonchev–Trinajstić information content (AvgIpc) is 3.02. The van der Waals surface area contributed by atoms with Crippen molar-refractivity contribution in [1.82, 2.24) is 20.3 Å². The summed E-state index contributed by atoms with van der Waals surface area (Å²) in [5.74, 6) is 1.59. The van der Waals surface area contributed by atoms with E-state index in [4.69, 9.17) is 4.52 Å². The monoisotopic (exact) mass is 333 g/mol. The molecule has 0 saturated carbocycles. The highest BCUT2D eigenvalue weighted by Crippen LogP contribution is 2.21. The minimum absolute atomic E-state index is 0.147. The second kappa shape index (κ2) is 7.07. The quantitative estimate of drug-likeness (QED) is 0.877. The largest absolute Gasteiger partial charge is 0.359 e. The van der Waals surface area contributed by atoms with Crippen LogP contribution in [0, 0.1) is 5.41 Å². The highest BCUT2D eigenvalue weighted by molar-refractivity contribution is 5.88. The number of nitrogens with one attached hydrogen (secondary N) is 2. The van der Waals surface area contributed by atoms with Crippen molar-refractivity contribution in [1.29, 1.82) is 0 Å². The molecule has 0 saturated heterocycles. The molecule has 0 radical (unpaired) electrons. The summed E-state index contributed by atoms with van der Waals surface area (Å²) in [6.07, 6.45) is 0.847. The Morgan fingerprint density at radius 2 is 2.04 bits per heavy atom. The third-order valence-corrected chi connectivity index (χ3v) is 3.48. The van der Waals surface area contributed by atoms with E-state index >= 15 is 0 Å². The molecule has 2 aromatic heterocycles. The van der Waals surface area contributed by atoms with Crippen molar-refractivity contribution in [3.8, 4) is 0 Å². The van der Waals surface area contributed by atoms with Crippen molar-refractivity contribution in [2.24, 2.45) is 12.5 Å². The second-order valence-electron chi connectivity index (χ2n) is 7.56. The van der Waals surface area contributed by atoms with Crippen molar-refractivity contribution in [2.75, 3.05) is 5.32 Å². The number of aromatic nitrogens is 3. The Morgan fingerprint density at radius 1 is 1.33 bits per heavy atom. The van der Waals surface area contributed by atoms with Crippen molar-refractivity contribution in [3.05, 3.63) is 29.3 Å². The van der Waals surface area contributed by atoms with Gasteiger partial charge in [-0.1, -0.05) is 39.8 Å². The maximum absolute atomic E-state index is 12.0. The lowest BCUT2D eigenvalue weighted by Gasteiger charge is -2.15. The Labute approximate surface area is 142 Å². The Bertz CT molecular complexity index is 694. The molecule has 0 aromatic carbocycles. The van der Waals surface area contributed by atoms with Crippen LogP contribution in [0.15, 0.2) is 16.7 Å². The topological polar surface area (TPSA) is 85.0 Å². The minimum Gasteiger partial charge on any atom is -0.359 e. The molecule has 2 aromatic rings. The summed E-state index contributed by atoms with van der Waals surface area (Å²) in [4.78, 5) is 12.0.